The average Bonchev–Trinajstić information content (AvgIpc) is 2.48. The summed E-state index contributed by atoms with van der Waals surface area (Å²) >= 11 is 12.0. The number of aliphatic carboxylic acids is 1. The first kappa shape index (κ1) is 16.3. The van der Waals surface area contributed by atoms with Gasteiger partial charge < -0.3 is 10.3 Å². The molecule has 0 heterocycles. The number of hydrogen-bond acceptors (Lipinski definition) is 3. The Hall–Kier alpha value is -2.04. The van der Waals surface area contributed by atoms with Gasteiger partial charge in [-0.15, -0.1) is 0 Å². The zero-order valence-electron chi connectivity index (χ0n) is 11.5. The molecule has 0 saturated heterocycles. The minimum Gasteiger partial charge on any atom is -0.481 e. The van der Waals surface area contributed by atoms with Gasteiger partial charge >= 0.3 is 5.97 Å². The van der Waals surface area contributed by atoms with Crippen LogP contribution in [0.2, 0.25) is 10.0 Å². The van der Waals surface area contributed by atoms with E-state index < -0.39 is 5.97 Å². The summed E-state index contributed by atoms with van der Waals surface area (Å²) in [7, 11) is 0. The van der Waals surface area contributed by atoms with Crippen molar-refractivity contribution >= 4 is 34.9 Å². The van der Waals surface area contributed by atoms with Crippen molar-refractivity contribution in [2.45, 2.75) is 12.8 Å². The summed E-state index contributed by atoms with van der Waals surface area (Å²) in [5.41, 5.74) is 2.72. The Balaban J connectivity index is 2.24. The highest BCUT2D eigenvalue weighted by Gasteiger charge is 2.09. The lowest BCUT2D eigenvalue weighted by atomic mass is 10.0. The van der Waals surface area contributed by atoms with Crippen molar-refractivity contribution in [3.63, 3.8) is 0 Å². The van der Waals surface area contributed by atoms with E-state index in [9.17, 15) is 4.79 Å². The predicted molar refractivity (Wildman–Crippen MR) is 87.1 cm³/mol. The highest BCUT2D eigenvalue weighted by Crippen LogP contribution is 2.30. The van der Waals surface area contributed by atoms with Gasteiger partial charge in [0.2, 0.25) is 0 Å². The van der Waals surface area contributed by atoms with Crippen LogP contribution in [0.4, 0.5) is 0 Å². The molecule has 0 fully saturated rings. The fourth-order valence-electron chi connectivity index (χ4n) is 2.04. The van der Waals surface area contributed by atoms with E-state index in [1.54, 1.807) is 24.3 Å². The molecule has 114 valence electrons. The number of benzene rings is 2. The fourth-order valence-corrected chi connectivity index (χ4v) is 2.56. The van der Waals surface area contributed by atoms with Gasteiger partial charge in [0.1, 0.15) is 0 Å². The smallest absolute Gasteiger partial charge is 0.303 e. The van der Waals surface area contributed by atoms with Crippen LogP contribution in [0, 0.1) is 0 Å². The summed E-state index contributed by atoms with van der Waals surface area (Å²) in [5.74, 6) is -0.939. The Labute approximate surface area is 137 Å². The molecule has 2 aromatic carbocycles. The summed E-state index contributed by atoms with van der Waals surface area (Å²) in [6.07, 6.45) is 0.0665. The van der Waals surface area contributed by atoms with Crippen LogP contribution >= 0.6 is 23.2 Å². The van der Waals surface area contributed by atoms with Crippen molar-refractivity contribution in [2.75, 3.05) is 0 Å². The molecule has 0 radical (unpaired) electrons. The van der Waals surface area contributed by atoms with Gasteiger partial charge in [0.15, 0.2) is 0 Å². The molecule has 0 aliphatic rings. The molecule has 0 unspecified atom stereocenters. The van der Waals surface area contributed by atoms with Gasteiger partial charge in [-0.05, 0) is 23.3 Å². The average molecular weight is 338 g/mol. The van der Waals surface area contributed by atoms with Crippen LogP contribution in [0.25, 0.3) is 11.1 Å². The molecule has 4 nitrogen and oxygen atoms in total. The van der Waals surface area contributed by atoms with E-state index in [-0.39, 0.29) is 12.8 Å². The predicted octanol–water partition coefficient (Wildman–Crippen LogP) is 4.70. The summed E-state index contributed by atoms with van der Waals surface area (Å²) in [4.78, 5) is 10.6. The molecule has 22 heavy (non-hydrogen) atoms. The molecule has 0 amide bonds. The lowest BCUT2D eigenvalue weighted by molar-refractivity contribution is -0.136. The maximum Gasteiger partial charge on any atom is 0.303 e. The molecule has 0 spiro atoms. The highest BCUT2D eigenvalue weighted by molar-refractivity contribution is 6.36. The second-order valence-corrected chi connectivity index (χ2v) is 5.49. The van der Waals surface area contributed by atoms with Crippen LogP contribution < -0.4 is 0 Å². The van der Waals surface area contributed by atoms with Crippen LogP contribution in [0.1, 0.15) is 18.4 Å². The third-order valence-electron chi connectivity index (χ3n) is 3.16. The topological polar surface area (TPSA) is 69.9 Å². The van der Waals surface area contributed by atoms with Gasteiger partial charge in [0.25, 0.3) is 0 Å². The van der Waals surface area contributed by atoms with Gasteiger partial charge in [-0.1, -0.05) is 58.7 Å². The second-order valence-electron chi connectivity index (χ2n) is 4.64. The molecule has 2 N–H and O–H groups in total. The van der Waals surface area contributed by atoms with E-state index in [2.05, 4.69) is 5.16 Å². The van der Waals surface area contributed by atoms with Gasteiger partial charge in [-0.3, -0.25) is 4.79 Å². The largest absolute Gasteiger partial charge is 0.481 e. The standard InChI is InChI=1S/C16H13Cl2NO3/c17-12-5-6-13(14(18)9-12)10-1-3-11(4-2-10)15(19-22)7-8-16(20)21/h1-6,9,22H,7-8H2,(H,20,21)/b19-15+. The number of rotatable bonds is 5. The molecule has 0 saturated carbocycles. The number of carboxylic acid groups (broad SMARTS) is 1. The van der Waals surface area contributed by atoms with Crippen LogP contribution in [0.3, 0.4) is 0 Å². The zero-order valence-corrected chi connectivity index (χ0v) is 13.0. The molecule has 0 aliphatic carbocycles. The third kappa shape index (κ3) is 4.00. The molecule has 0 atom stereocenters. The number of halogens is 2. The monoisotopic (exact) mass is 337 g/mol. The van der Waals surface area contributed by atoms with Crippen LogP contribution in [-0.4, -0.2) is 22.0 Å². The summed E-state index contributed by atoms with van der Waals surface area (Å²) < 4.78 is 0. The van der Waals surface area contributed by atoms with Crippen LogP contribution in [0.15, 0.2) is 47.6 Å². The van der Waals surface area contributed by atoms with E-state index in [4.69, 9.17) is 33.5 Å². The summed E-state index contributed by atoms with van der Waals surface area (Å²) in [6, 6.07) is 12.4. The maximum absolute atomic E-state index is 10.6. The van der Waals surface area contributed by atoms with Crippen molar-refractivity contribution < 1.29 is 15.1 Å². The Morgan fingerprint density at radius 1 is 1.05 bits per heavy atom. The van der Waals surface area contributed by atoms with Crippen molar-refractivity contribution in [2.24, 2.45) is 5.16 Å². The van der Waals surface area contributed by atoms with E-state index in [0.717, 1.165) is 11.1 Å². The summed E-state index contributed by atoms with van der Waals surface area (Å²) in [6.45, 7) is 0. The van der Waals surface area contributed by atoms with E-state index >= 15 is 0 Å². The Morgan fingerprint density at radius 2 is 1.73 bits per heavy atom. The van der Waals surface area contributed by atoms with Gasteiger partial charge in [-0.2, -0.15) is 0 Å². The lowest BCUT2D eigenvalue weighted by Gasteiger charge is -2.07. The molecule has 0 aliphatic heterocycles. The molecule has 6 heteroatoms. The van der Waals surface area contributed by atoms with E-state index in [1.807, 2.05) is 18.2 Å². The SMILES string of the molecule is O=C(O)CC/C(=N\O)c1ccc(-c2ccc(Cl)cc2Cl)cc1. The third-order valence-corrected chi connectivity index (χ3v) is 3.70. The minimum atomic E-state index is -0.939. The van der Waals surface area contributed by atoms with Crippen molar-refractivity contribution in [1.82, 2.24) is 0 Å². The number of carbonyl (C=O) groups is 1. The first-order valence-corrected chi connectivity index (χ1v) is 7.25. The zero-order chi connectivity index (χ0) is 16.1. The molecular weight excluding hydrogens is 325 g/mol. The number of hydrogen-bond donors (Lipinski definition) is 2. The second kappa shape index (κ2) is 7.29. The van der Waals surface area contributed by atoms with Crippen LogP contribution in [-0.2, 0) is 4.79 Å². The van der Waals surface area contributed by atoms with Gasteiger partial charge in [-0.25, -0.2) is 0 Å². The molecule has 0 bridgehead atoms. The van der Waals surface area contributed by atoms with E-state index in [1.165, 1.54) is 0 Å². The first-order chi connectivity index (χ1) is 10.5. The Bertz CT molecular complexity index is 712. The van der Waals surface area contributed by atoms with Crippen molar-refractivity contribution in [3.8, 4) is 11.1 Å². The minimum absolute atomic E-state index is 0.0931. The number of nitrogens with zero attached hydrogens (tertiary/aromatic N) is 1. The molecular formula is C16H13Cl2NO3. The van der Waals surface area contributed by atoms with Gasteiger partial charge in [0.05, 0.1) is 12.1 Å². The Kier molecular flexibility index (Phi) is 5.41. The molecule has 2 aromatic rings. The molecule has 2 rings (SSSR count). The number of carboxylic acids is 1. The van der Waals surface area contributed by atoms with Gasteiger partial charge in [0, 0.05) is 22.0 Å². The van der Waals surface area contributed by atoms with E-state index in [0.29, 0.717) is 21.3 Å². The van der Waals surface area contributed by atoms with Crippen molar-refractivity contribution in [1.29, 1.82) is 0 Å². The first-order valence-electron chi connectivity index (χ1n) is 6.50. The normalized spacial score (nSPS) is 11.5. The number of oxime groups is 1. The maximum atomic E-state index is 10.6. The molecule has 0 aromatic heterocycles. The fraction of sp³-hybridized carbons (Fsp3) is 0.125. The van der Waals surface area contributed by atoms with Crippen LogP contribution in [0.5, 0.6) is 0 Å². The highest BCUT2D eigenvalue weighted by atomic mass is 35.5. The summed E-state index contributed by atoms with van der Waals surface area (Å²) in [5, 5.41) is 22.0. The lowest BCUT2D eigenvalue weighted by Crippen LogP contribution is -2.05. The quantitative estimate of drug-likeness (QED) is 0.471. The Morgan fingerprint density at radius 3 is 2.27 bits per heavy atom. The van der Waals surface area contributed by atoms with Crippen molar-refractivity contribution in [3.05, 3.63) is 58.1 Å².